The molecule has 0 aliphatic carbocycles. The van der Waals surface area contributed by atoms with E-state index in [0.717, 1.165) is 0 Å². The molecule has 0 saturated carbocycles. The average molecular weight is 384 g/mol. The molecule has 0 fully saturated rings. The quantitative estimate of drug-likeness (QED) is 0.710. The summed E-state index contributed by atoms with van der Waals surface area (Å²) in [6, 6.07) is 10.2. The predicted octanol–water partition coefficient (Wildman–Crippen LogP) is 4.81. The Morgan fingerprint density at radius 3 is 2.40 bits per heavy atom. The molecule has 0 aromatic heterocycles. The lowest BCUT2D eigenvalue weighted by atomic mass is 10.2. The highest BCUT2D eigenvalue weighted by molar-refractivity contribution is 6.42. The summed E-state index contributed by atoms with van der Waals surface area (Å²) in [5.41, 5.74) is 0.581. The van der Waals surface area contributed by atoms with Gasteiger partial charge in [-0.2, -0.15) is 0 Å². The zero-order valence-electron chi connectivity index (χ0n) is 14.0. The van der Waals surface area contributed by atoms with Crippen molar-refractivity contribution in [3.05, 3.63) is 46.4 Å². The first-order valence-electron chi connectivity index (χ1n) is 7.81. The Morgan fingerprint density at radius 2 is 1.68 bits per heavy atom. The first-order chi connectivity index (χ1) is 12.0. The lowest BCUT2D eigenvalue weighted by Crippen LogP contribution is -2.20. The monoisotopic (exact) mass is 383 g/mol. The SMILES string of the molecule is CCOc1ccc(NC(=O)COc2cccc(Cl)c2Cl)cc1OCC. The van der Waals surface area contributed by atoms with Crippen LogP contribution in [0.3, 0.4) is 0 Å². The van der Waals surface area contributed by atoms with Crippen LogP contribution in [0.15, 0.2) is 36.4 Å². The van der Waals surface area contributed by atoms with E-state index in [1.807, 2.05) is 13.8 Å². The molecule has 0 unspecified atom stereocenters. The summed E-state index contributed by atoms with van der Waals surface area (Å²) in [4.78, 5) is 12.1. The van der Waals surface area contributed by atoms with E-state index in [1.165, 1.54) is 0 Å². The van der Waals surface area contributed by atoms with Gasteiger partial charge in [0.1, 0.15) is 10.8 Å². The van der Waals surface area contributed by atoms with E-state index in [-0.39, 0.29) is 17.5 Å². The van der Waals surface area contributed by atoms with Crippen molar-refractivity contribution in [2.24, 2.45) is 0 Å². The standard InChI is InChI=1S/C18H19Cl2NO4/c1-3-23-14-9-8-12(10-16(14)24-4-2)21-17(22)11-25-15-7-5-6-13(19)18(15)20/h5-10H,3-4,11H2,1-2H3,(H,21,22). The van der Waals surface area contributed by atoms with Gasteiger partial charge in [0.2, 0.25) is 0 Å². The lowest BCUT2D eigenvalue weighted by Gasteiger charge is -2.13. The van der Waals surface area contributed by atoms with Crippen LogP contribution in [0.25, 0.3) is 0 Å². The maximum absolute atomic E-state index is 12.1. The molecular formula is C18H19Cl2NO4. The number of carbonyl (C=O) groups is 1. The highest BCUT2D eigenvalue weighted by Gasteiger charge is 2.11. The lowest BCUT2D eigenvalue weighted by molar-refractivity contribution is -0.118. The largest absolute Gasteiger partial charge is 0.490 e. The Balaban J connectivity index is 2.00. The topological polar surface area (TPSA) is 56.8 Å². The van der Waals surface area contributed by atoms with Gasteiger partial charge in [-0.05, 0) is 38.1 Å². The van der Waals surface area contributed by atoms with Crippen LogP contribution in [0.4, 0.5) is 5.69 Å². The van der Waals surface area contributed by atoms with E-state index in [2.05, 4.69) is 5.32 Å². The minimum atomic E-state index is -0.331. The van der Waals surface area contributed by atoms with Gasteiger partial charge in [0.05, 0.1) is 18.2 Å². The number of anilines is 1. The fourth-order valence-electron chi connectivity index (χ4n) is 2.06. The van der Waals surface area contributed by atoms with Crippen LogP contribution in [0.1, 0.15) is 13.8 Å². The third-order valence-corrected chi connectivity index (χ3v) is 3.90. The van der Waals surface area contributed by atoms with E-state index in [0.29, 0.717) is 41.2 Å². The molecule has 2 aromatic carbocycles. The van der Waals surface area contributed by atoms with E-state index < -0.39 is 0 Å². The van der Waals surface area contributed by atoms with Gasteiger partial charge < -0.3 is 19.5 Å². The van der Waals surface area contributed by atoms with Crippen molar-refractivity contribution < 1.29 is 19.0 Å². The molecule has 0 bridgehead atoms. The summed E-state index contributed by atoms with van der Waals surface area (Å²) in [5, 5.41) is 3.38. The highest BCUT2D eigenvalue weighted by atomic mass is 35.5. The summed E-state index contributed by atoms with van der Waals surface area (Å²) in [6.07, 6.45) is 0. The van der Waals surface area contributed by atoms with Crippen molar-refractivity contribution in [3.8, 4) is 17.2 Å². The van der Waals surface area contributed by atoms with Gasteiger partial charge in [0.25, 0.3) is 5.91 Å². The highest BCUT2D eigenvalue weighted by Crippen LogP contribution is 2.32. The third kappa shape index (κ3) is 5.44. The van der Waals surface area contributed by atoms with Gasteiger partial charge in [-0.1, -0.05) is 29.3 Å². The van der Waals surface area contributed by atoms with Gasteiger partial charge in [-0.25, -0.2) is 0 Å². The van der Waals surface area contributed by atoms with Crippen molar-refractivity contribution in [2.45, 2.75) is 13.8 Å². The number of nitrogens with one attached hydrogen (secondary N) is 1. The minimum absolute atomic E-state index is 0.197. The molecule has 1 amide bonds. The predicted molar refractivity (Wildman–Crippen MR) is 99.4 cm³/mol. The van der Waals surface area contributed by atoms with Gasteiger partial charge in [0, 0.05) is 11.8 Å². The smallest absolute Gasteiger partial charge is 0.262 e. The molecule has 7 heteroatoms. The van der Waals surface area contributed by atoms with Crippen molar-refractivity contribution in [3.63, 3.8) is 0 Å². The zero-order chi connectivity index (χ0) is 18.2. The van der Waals surface area contributed by atoms with Crippen LogP contribution in [-0.2, 0) is 4.79 Å². The summed E-state index contributed by atoms with van der Waals surface area (Å²) in [7, 11) is 0. The summed E-state index contributed by atoms with van der Waals surface area (Å²) < 4.78 is 16.4. The summed E-state index contributed by atoms with van der Waals surface area (Å²) >= 11 is 11.9. The molecule has 0 radical (unpaired) electrons. The minimum Gasteiger partial charge on any atom is -0.490 e. The van der Waals surface area contributed by atoms with Crippen LogP contribution in [0.5, 0.6) is 17.2 Å². The van der Waals surface area contributed by atoms with E-state index in [1.54, 1.807) is 36.4 Å². The summed E-state index contributed by atoms with van der Waals surface area (Å²) in [6.45, 7) is 4.60. The van der Waals surface area contributed by atoms with Gasteiger partial charge in [0.15, 0.2) is 18.1 Å². The second-order valence-corrected chi connectivity index (χ2v) is 5.70. The van der Waals surface area contributed by atoms with Crippen molar-refractivity contribution in [1.82, 2.24) is 0 Å². The van der Waals surface area contributed by atoms with Crippen LogP contribution in [-0.4, -0.2) is 25.7 Å². The third-order valence-electron chi connectivity index (χ3n) is 3.10. The van der Waals surface area contributed by atoms with Gasteiger partial charge >= 0.3 is 0 Å². The Morgan fingerprint density at radius 1 is 0.960 bits per heavy atom. The molecule has 0 spiro atoms. The molecule has 0 saturated heterocycles. The maximum atomic E-state index is 12.1. The Kier molecular flexibility index (Phi) is 7.22. The molecule has 0 aliphatic rings. The van der Waals surface area contributed by atoms with Crippen LogP contribution < -0.4 is 19.5 Å². The number of carbonyl (C=O) groups excluding carboxylic acids is 1. The number of amides is 1. The summed E-state index contributed by atoms with van der Waals surface area (Å²) in [5.74, 6) is 1.22. The fraction of sp³-hybridized carbons (Fsp3) is 0.278. The number of hydrogen-bond donors (Lipinski definition) is 1. The Hall–Kier alpha value is -2.11. The van der Waals surface area contributed by atoms with Crippen molar-refractivity contribution >= 4 is 34.8 Å². The number of halogens is 2. The number of ether oxygens (including phenoxy) is 3. The van der Waals surface area contributed by atoms with Crippen LogP contribution >= 0.6 is 23.2 Å². The first-order valence-corrected chi connectivity index (χ1v) is 8.57. The molecule has 25 heavy (non-hydrogen) atoms. The van der Waals surface area contributed by atoms with Crippen LogP contribution in [0.2, 0.25) is 10.0 Å². The van der Waals surface area contributed by atoms with E-state index >= 15 is 0 Å². The average Bonchev–Trinajstić information content (AvgIpc) is 2.59. The zero-order valence-corrected chi connectivity index (χ0v) is 15.5. The molecular weight excluding hydrogens is 365 g/mol. The van der Waals surface area contributed by atoms with Crippen molar-refractivity contribution in [2.75, 3.05) is 25.1 Å². The van der Waals surface area contributed by atoms with Crippen LogP contribution in [0, 0.1) is 0 Å². The normalized spacial score (nSPS) is 10.2. The number of benzene rings is 2. The molecule has 134 valence electrons. The first kappa shape index (κ1) is 19.2. The fourth-order valence-corrected chi connectivity index (χ4v) is 2.41. The number of hydrogen-bond acceptors (Lipinski definition) is 4. The Labute approximate surface area is 156 Å². The van der Waals surface area contributed by atoms with Gasteiger partial charge in [-0.15, -0.1) is 0 Å². The molecule has 0 aliphatic heterocycles. The molecule has 0 atom stereocenters. The van der Waals surface area contributed by atoms with E-state index in [9.17, 15) is 4.79 Å². The molecule has 1 N–H and O–H groups in total. The molecule has 2 aromatic rings. The molecule has 0 heterocycles. The van der Waals surface area contributed by atoms with E-state index in [4.69, 9.17) is 37.4 Å². The Bertz CT molecular complexity index is 737. The van der Waals surface area contributed by atoms with Crippen molar-refractivity contribution in [1.29, 1.82) is 0 Å². The second kappa shape index (κ2) is 9.39. The number of rotatable bonds is 8. The molecule has 5 nitrogen and oxygen atoms in total. The van der Waals surface area contributed by atoms with Gasteiger partial charge in [-0.3, -0.25) is 4.79 Å². The molecule has 2 rings (SSSR count). The second-order valence-electron chi connectivity index (χ2n) is 4.92. The maximum Gasteiger partial charge on any atom is 0.262 e.